The number of anilines is 2. The lowest BCUT2D eigenvalue weighted by atomic mass is 10.2. The molecule has 2 aromatic carbocycles. The van der Waals surface area contributed by atoms with E-state index in [9.17, 15) is 31.2 Å². The van der Waals surface area contributed by atoms with Gasteiger partial charge in [0.2, 0.25) is 15.9 Å². The van der Waals surface area contributed by atoms with Crippen molar-refractivity contribution in [2.24, 2.45) is 0 Å². The van der Waals surface area contributed by atoms with Gasteiger partial charge in [0, 0.05) is 18.4 Å². The monoisotopic (exact) mass is 444 g/mol. The van der Waals surface area contributed by atoms with Crippen molar-refractivity contribution in [2.75, 3.05) is 17.7 Å². The summed E-state index contributed by atoms with van der Waals surface area (Å²) >= 11 is 0. The number of hydrogen-bond acceptors (Lipinski definition) is 4. The molecule has 8 nitrogen and oxygen atoms in total. The fourth-order valence-corrected chi connectivity index (χ4v) is 3.80. The minimum absolute atomic E-state index is 0.296. The van der Waals surface area contributed by atoms with Crippen molar-refractivity contribution in [3.63, 3.8) is 0 Å². The fourth-order valence-electron chi connectivity index (χ4n) is 2.37. The third kappa shape index (κ3) is 5.94. The highest BCUT2D eigenvalue weighted by molar-refractivity contribution is 7.89. The average Bonchev–Trinajstić information content (AvgIpc) is 2.68. The predicted molar refractivity (Wildman–Crippen MR) is 104 cm³/mol. The summed E-state index contributed by atoms with van der Waals surface area (Å²) in [5, 5.41) is 7.32. The molecule has 0 heterocycles. The van der Waals surface area contributed by atoms with Gasteiger partial charge in [0.05, 0.1) is 16.5 Å². The number of urea groups is 1. The highest BCUT2D eigenvalue weighted by Crippen LogP contribution is 2.33. The molecule has 162 valence electrons. The molecule has 0 saturated heterocycles. The number of nitrogens with one attached hydrogen (secondary N) is 4. The normalized spacial score (nSPS) is 12.7. The maximum Gasteiger partial charge on any atom is 0.417 e. The van der Waals surface area contributed by atoms with Gasteiger partial charge in [-0.15, -0.1) is 0 Å². The molecule has 1 atom stereocenters. The molecule has 30 heavy (non-hydrogen) atoms. The molecule has 1 unspecified atom stereocenters. The third-order valence-corrected chi connectivity index (χ3v) is 5.44. The van der Waals surface area contributed by atoms with E-state index in [-0.39, 0.29) is 0 Å². The van der Waals surface area contributed by atoms with E-state index in [1.165, 1.54) is 38.2 Å². The number of carbonyl (C=O) groups is 2. The first-order valence-electron chi connectivity index (χ1n) is 8.52. The van der Waals surface area contributed by atoms with Gasteiger partial charge >= 0.3 is 12.2 Å². The molecule has 3 amide bonds. The summed E-state index contributed by atoms with van der Waals surface area (Å²) < 4.78 is 66.0. The van der Waals surface area contributed by atoms with Gasteiger partial charge in [-0.05, 0) is 43.3 Å². The van der Waals surface area contributed by atoms with Crippen molar-refractivity contribution < 1.29 is 31.2 Å². The fraction of sp³-hybridized carbons (Fsp3) is 0.222. The topological polar surface area (TPSA) is 116 Å². The zero-order valence-corrected chi connectivity index (χ0v) is 16.7. The summed E-state index contributed by atoms with van der Waals surface area (Å²) in [4.78, 5) is 22.5. The lowest BCUT2D eigenvalue weighted by molar-refractivity contribution is -0.139. The van der Waals surface area contributed by atoms with Crippen LogP contribution in [0, 0.1) is 0 Å². The lowest BCUT2D eigenvalue weighted by Crippen LogP contribution is -2.42. The summed E-state index contributed by atoms with van der Waals surface area (Å²) in [5.41, 5.74) is -0.585. The van der Waals surface area contributed by atoms with Crippen LogP contribution in [0.2, 0.25) is 0 Å². The van der Waals surface area contributed by atoms with E-state index >= 15 is 0 Å². The number of carbonyl (C=O) groups excluding carboxylic acids is 2. The van der Waals surface area contributed by atoms with Crippen LogP contribution in [0.3, 0.4) is 0 Å². The Hall–Kier alpha value is -3.12. The van der Waals surface area contributed by atoms with Gasteiger partial charge in [-0.25, -0.2) is 13.2 Å². The Bertz CT molecular complexity index is 1020. The molecule has 2 aromatic rings. The van der Waals surface area contributed by atoms with Crippen LogP contribution >= 0.6 is 0 Å². The van der Waals surface area contributed by atoms with Gasteiger partial charge in [-0.2, -0.15) is 17.9 Å². The minimum Gasteiger partial charge on any atom is -0.341 e. The molecule has 0 aliphatic carbocycles. The third-order valence-electron chi connectivity index (χ3n) is 3.84. The van der Waals surface area contributed by atoms with Crippen LogP contribution < -0.4 is 20.7 Å². The highest BCUT2D eigenvalue weighted by atomic mass is 32.2. The van der Waals surface area contributed by atoms with Crippen LogP contribution in [0.25, 0.3) is 0 Å². The molecular weight excluding hydrogens is 425 g/mol. The molecular formula is C18H19F3N4O4S. The van der Waals surface area contributed by atoms with Crippen LogP contribution in [0.15, 0.2) is 53.4 Å². The summed E-state index contributed by atoms with van der Waals surface area (Å²) in [7, 11) is -3.18. The first-order valence-corrected chi connectivity index (χ1v) is 10.0. The predicted octanol–water partition coefficient (Wildman–Crippen LogP) is 2.76. The lowest BCUT2D eigenvalue weighted by Gasteiger charge is -2.17. The van der Waals surface area contributed by atoms with Crippen molar-refractivity contribution in [3.8, 4) is 0 Å². The Balaban J connectivity index is 2.10. The van der Waals surface area contributed by atoms with Gasteiger partial charge in [-0.3, -0.25) is 4.79 Å². The van der Waals surface area contributed by atoms with Gasteiger partial charge in [0.1, 0.15) is 0 Å². The second kappa shape index (κ2) is 9.13. The molecule has 0 saturated carbocycles. The Morgan fingerprint density at radius 1 is 0.933 bits per heavy atom. The zero-order chi connectivity index (χ0) is 22.5. The van der Waals surface area contributed by atoms with Crippen LogP contribution in [0.1, 0.15) is 12.5 Å². The Morgan fingerprint density at radius 3 is 2.00 bits per heavy atom. The van der Waals surface area contributed by atoms with Crippen molar-refractivity contribution in [3.05, 3.63) is 54.1 Å². The zero-order valence-electron chi connectivity index (χ0n) is 15.9. The summed E-state index contributed by atoms with van der Waals surface area (Å²) in [5.74, 6) is -0.782. The Labute approximate surface area is 170 Å². The van der Waals surface area contributed by atoms with Crippen LogP contribution in [-0.2, 0) is 21.0 Å². The molecule has 0 spiro atoms. The molecule has 0 aromatic heterocycles. The van der Waals surface area contributed by atoms with Gasteiger partial charge in [-0.1, -0.05) is 12.1 Å². The number of rotatable bonds is 6. The van der Waals surface area contributed by atoms with E-state index in [2.05, 4.69) is 16.0 Å². The highest BCUT2D eigenvalue weighted by Gasteiger charge is 2.37. The van der Waals surface area contributed by atoms with Crippen LogP contribution in [0.5, 0.6) is 0 Å². The van der Waals surface area contributed by atoms with Crippen molar-refractivity contribution in [1.29, 1.82) is 0 Å². The summed E-state index contributed by atoms with van der Waals surface area (Å²) in [6.45, 7) is 1.20. The number of sulfonamides is 1. The average molecular weight is 444 g/mol. The second-order valence-electron chi connectivity index (χ2n) is 6.11. The molecule has 0 aliphatic rings. The van der Waals surface area contributed by atoms with E-state index in [1.807, 2.05) is 4.72 Å². The molecule has 0 aliphatic heterocycles. The van der Waals surface area contributed by atoms with Crippen molar-refractivity contribution in [2.45, 2.75) is 24.0 Å². The second-order valence-corrected chi connectivity index (χ2v) is 7.79. The summed E-state index contributed by atoms with van der Waals surface area (Å²) in [6, 6.07) is 7.81. The molecule has 0 radical (unpaired) electrons. The first-order chi connectivity index (χ1) is 13.9. The SMILES string of the molecule is CNC(=O)Nc1ccc(NC(=O)C(C)NS(=O)(=O)c2ccccc2C(F)(F)F)cc1. The largest absolute Gasteiger partial charge is 0.417 e. The standard InChI is InChI=1S/C18H19F3N4O4S/c1-11(16(26)23-12-7-9-13(10-8-12)24-17(27)22-2)25-30(28,29)15-6-4-3-5-14(15)18(19,20)21/h3-11,25H,1-2H3,(H,23,26)(H2,22,24,27). The van der Waals surface area contributed by atoms with Crippen LogP contribution in [-0.4, -0.2) is 33.4 Å². The van der Waals surface area contributed by atoms with Gasteiger partial charge < -0.3 is 16.0 Å². The molecule has 12 heteroatoms. The molecule has 4 N–H and O–H groups in total. The van der Waals surface area contributed by atoms with E-state index < -0.39 is 44.6 Å². The van der Waals surface area contributed by atoms with Crippen LogP contribution in [0.4, 0.5) is 29.3 Å². The molecule has 2 rings (SSSR count). The number of amides is 3. The van der Waals surface area contributed by atoms with E-state index in [0.29, 0.717) is 17.4 Å². The Kier molecular flexibility index (Phi) is 7.05. The van der Waals surface area contributed by atoms with Crippen molar-refractivity contribution >= 4 is 33.3 Å². The molecule has 0 fully saturated rings. The maximum absolute atomic E-state index is 13.1. The number of alkyl halides is 3. The quantitative estimate of drug-likeness (QED) is 0.548. The summed E-state index contributed by atoms with van der Waals surface area (Å²) in [6.07, 6.45) is -4.87. The van der Waals surface area contributed by atoms with Crippen molar-refractivity contribution in [1.82, 2.24) is 10.0 Å². The number of benzene rings is 2. The van der Waals surface area contributed by atoms with Gasteiger partial charge in [0.25, 0.3) is 0 Å². The Morgan fingerprint density at radius 2 is 1.47 bits per heavy atom. The number of hydrogen-bond donors (Lipinski definition) is 4. The first kappa shape index (κ1) is 23.2. The maximum atomic E-state index is 13.1. The van der Waals surface area contributed by atoms with Gasteiger partial charge in [0.15, 0.2) is 0 Å². The minimum atomic E-state index is -4.87. The molecule has 0 bridgehead atoms. The van der Waals surface area contributed by atoms with E-state index in [0.717, 1.165) is 18.2 Å². The van der Waals surface area contributed by atoms with E-state index in [4.69, 9.17) is 0 Å². The smallest absolute Gasteiger partial charge is 0.341 e. The van der Waals surface area contributed by atoms with E-state index in [1.54, 1.807) is 0 Å². The number of halogens is 3.